The molecule has 0 fully saturated rings. The van der Waals surface area contributed by atoms with E-state index in [0.717, 1.165) is 0 Å². The molecule has 0 aliphatic heterocycles. The van der Waals surface area contributed by atoms with E-state index >= 15 is 0 Å². The number of hydrogen-bond acceptors (Lipinski definition) is 1. The average molecular weight is 1070 g/mol. The zero-order chi connectivity index (χ0) is 26.0. The first kappa shape index (κ1) is 31.7. The van der Waals surface area contributed by atoms with E-state index in [-0.39, 0.29) is 0 Å². The molecule has 0 N–H and O–H groups in total. The maximum atomic E-state index is 7.09. The summed E-state index contributed by atoms with van der Waals surface area (Å²) in [5.74, 6) is 0. The Labute approximate surface area is 283 Å². The smallest absolute Gasteiger partial charge is 0.288 e. The summed E-state index contributed by atoms with van der Waals surface area (Å²) in [6.45, 7) is 0.482. The van der Waals surface area contributed by atoms with Crippen molar-refractivity contribution in [1.82, 2.24) is 0 Å². The SMILES string of the molecule is BrC(Br)(Br)C(Br)(Br)C(Br)(Br)C(Br)(Br)CCO[Si](c1ccccc1)(c1ccccc1)c1ccccc1. The standard InChI is InChI=1S/C24H19Br9OSi/c25-21(26,22(27,28)23(29,30)24(31,32)33)16-17-34-35(18-10-4-1-5-11-18,19-12-6-2-7-13-19)20-14-8-3-9-15-20/h1-15H,16-17H2. The lowest BCUT2D eigenvalue weighted by Crippen LogP contribution is -2.69. The minimum absolute atomic E-state index is 0.482. The average Bonchev–Trinajstić information content (AvgIpc) is 2.82. The molecule has 0 saturated heterocycles. The van der Waals surface area contributed by atoms with Crippen LogP contribution in [-0.4, -0.2) is 26.8 Å². The zero-order valence-electron chi connectivity index (χ0n) is 17.9. The summed E-state index contributed by atoms with van der Waals surface area (Å²) < 4.78 is 4.30. The molecule has 3 aromatic carbocycles. The van der Waals surface area contributed by atoms with Gasteiger partial charge in [-0.2, -0.15) is 0 Å². The number of hydrogen-bond donors (Lipinski definition) is 0. The zero-order valence-corrected chi connectivity index (χ0v) is 33.2. The molecule has 0 aliphatic rings. The predicted molar refractivity (Wildman–Crippen MR) is 186 cm³/mol. The Balaban J connectivity index is 2.03. The highest BCUT2D eigenvalue weighted by atomic mass is 80.0. The van der Waals surface area contributed by atoms with Gasteiger partial charge in [-0.05, 0) is 22.0 Å². The minimum atomic E-state index is -2.79. The van der Waals surface area contributed by atoms with E-state index in [9.17, 15) is 0 Å². The van der Waals surface area contributed by atoms with E-state index in [1.54, 1.807) is 0 Å². The third kappa shape index (κ3) is 6.73. The third-order valence-electron chi connectivity index (χ3n) is 5.49. The lowest BCUT2D eigenvalue weighted by atomic mass is 10.2. The molecule has 0 radical (unpaired) electrons. The summed E-state index contributed by atoms with van der Waals surface area (Å²) in [7, 11) is -2.79. The lowest BCUT2D eigenvalue weighted by Gasteiger charge is -2.47. The van der Waals surface area contributed by atoms with Crippen molar-refractivity contribution in [2.45, 2.75) is 18.3 Å². The van der Waals surface area contributed by atoms with Crippen molar-refractivity contribution in [1.29, 1.82) is 0 Å². The van der Waals surface area contributed by atoms with Crippen LogP contribution >= 0.6 is 143 Å². The molecule has 0 amide bonds. The van der Waals surface area contributed by atoms with Crippen molar-refractivity contribution in [2.24, 2.45) is 0 Å². The molecule has 35 heavy (non-hydrogen) atoms. The van der Waals surface area contributed by atoms with Crippen molar-refractivity contribution in [3.63, 3.8) is 0 Å². The monoisotopic (exact) mass is 1060 g/mol. The van der Waals surface area contributed by atoms with Gasteiger partial charge in [0.2, 0.25) is 0 Å². The highest BCUT2D eigenvalue weighted by Crippen LogP contribution is 2.68. The number of rotatable bonds is 9. The Morgan fingerprint density at radius 1 is 0.514 bits per heavy atom. The Hall–Kier alpha value is 2.16. The molecule has 0 atom stereocenters. The van der Waals surface area contributed by atoms with E-state index in [2.05, 4.69) is 216 Å². The topological polar surface area (TPSA) is 9.23 Å². The summed E-state index contributed by atoms with van der Waals surface area (Å²) in [5, 5.41) is 3.60. The van der Waals surface area contributed by atoms with Gasteiger partial charge in [0.05, 0.1) is 0 Å². The maximum Gasteiger partial charge on any atom is 0.288 e. The second-order valence-electron chi connectivity index (χ2n) is 7.73. The Kier molecular flexibility index (Phi) is 11.6. The molecule has 3 aromatic rings. The number of halogens is 9. The van der Waals surface area contributed by atoms with Gasteiger partial charge in [0.15, 0.2) is 2.14 Å². The summed E-state index contributed by atoms with van der Waals surface area (Å²) in [6.07, 6.45) is 0.618. The summed E-state index contributed by atoms with van der Waals surface area (Å²) in [5.41, 5.74) is 0. The predicted octanol–water partition coefficient (Wildman–Crippen LogP) is 9.36. The van der Waals surface area contributed by atoms with Gasteiger partial charge in [-0.3, -0.25) is 0 Å². The van der Waals surface area contributed by atoms with Crippen molar-refractivity contribution in [3.05, 3.63) is 91.0 Å². The van der Waals surface area contributed by atoms with Crippen LogP contribution in [0.3, 0.4) is 0 Å². The van der Waals surface area contributed by atoms with Gasteiger partial charge < -0.3 is 4.43 Å². The Morgan fingerprint density at radius 3 is 1.17 bits per heavy atom. The highest BCUT2D eigenvalue weighted by Gasteiger charge is 2.64. The van der Waals surface area contributed by atoms with Gasteiger partial charge >= 0.3 is 0 Å². The van der Waals surface area contributed by atoms with Crippen LogP contribution in [0.1, 0.15) is 6.42 Å². The molecule has 0 bridgehead atoms. The van der Waals surface area contributed by atoms with E-state index in [0.29, 0.717) is 13.0 Å². The van der Waals surface area contributed by atoms with Crippen LogP contribution in [0.5, 0.6) is 0 Å². The van der Waals surface area contributed by atoms with Gasteiger partial charge in [0, 0.05) is 6.61 Å². The highest BCUT2D eigenvalue weighted by molar-refractivity contribution is 9.42. The number of benzene rings is 3. The van der Waals surface area contributed by atoms with Crippen molar-refractivity contribution < 1.29 is 4.43 Å². The first-order valence-electron chi connectivity index (χ1n) is 10.3. The van der Waals surface area contributed by atoms with Gasteiger partial charge in [0.25, 0.3) is 8.32 Å². The molecule has 0 aliphatic carbocycles. The molecule has 1 nitrogen and oxygen atoms in total. The van der Waals surface area contributed by atoms with Crippen LogP contribution in [0.15, 0.2) is 91.0 Å². The molecule has 11 heteroatoms. The molecule has 0 aromatic heterocycles. The fourth-order valence-electron chi connectivity index (χ4n) is 3.67. The molecule has 0 saturated carbocycles. The van der Waals surface area contributed by atoms with Crippen LogP contribution in [0.4, 0.5) is 0 Å². The quantitative estimate of drug-likeness (QED) is 0.118. The molecular weight excluding hydrogens is 1050 g/mol. The van der Waals surface area contributed by atoms with E-state index in [1.165, 1.54) is 15.6 Å². The fraction of sp³-hybridized carbons (Fsp3) is 0.250. The van der Waals surface area contributed by atoms with Crippen molar-refractivity contribution in [2.75, 3.05) is 6.61 Å². The fourth-order valence-corrected chi connectivity index (χ4v) is 13.7. The molecule has 3 rings (SSSR count). The third-order valence-corrected chi connectivity index (χ3v) is 25.7. The van der Waals surface area contributed by atoms with Crippen molar-refractivity contribution in [3.8, 4) is 0 Å². The summed E-state index contributed by atoms with van der Waals surface area (Å²) >= 11 is 34.0. The van der Waals surface area contributed by atoms with E-state index in [1.807, 2.05) is 18.2 Å². The Bertz CT molecular complexity index is 992. The molecule has 0 heterocycles. The lowest BCUT2D eigenvalue weighted by molar-refractivity contribution is 0.310. The summed E-state index contributed by atoms with van der Waals surface area (Å²) in [4.78, 5) is 0. The van der Waals surface area contributed by atoms with Crippen LogP contribution in [0, 0.1) is 0 Å². The molecular formula is C24H19Br9OSi. The Morgan fingerprint density at radius 2 is 0.857 bits per heavy atom. The van der Waals surface area contributed by atoms with Crippen LogP contribution in [-0.2, 0) is 4.43 Å². The minimum Gasteiger partial charge on any atom is -0.404 e. The second-order valence-corrected chi connectivity index (χ2v) is 28.5. The first-order valence-corrected chi connectivity index (χ1v) is 19.3. The van der Waals surface area contributed by atoms with E-state index < -0.39 is 20.2 Å². The van der Waals surface area contributed by atoms with E-state index in [4.69, 9.17) is 4.43 Å². The second kappa shape index (κ2) is 12.8. The van der Waals surface area contributed by atoms with Crippen molar-refractivity contribution >= 4 is 167 Å². The molecule has 0 spiro atoms. The van der Waals surface area contributed by atoms with Gasteiger partial charge in [-0.1, -0.05) is 234 Å². The molecule has 0 unspecified atom stereocenters. The van der Waals surface area contributed by atoms with Crippen LogP contribution in [0.2, 0.25) is 0 Å². The molecule has 188 valence electrons. The first-order chi connectivity index (χ1) is 16.3. The van der Waals surface area contributed by atoms with Gasteiger partial charge in [-0.25, -0.2) is 0 Å². The normalized spacial score (nSPS) is 13.6. The number of alkyl halides is 9. The summed E-state index contributed by atoms with van der Waals surface area (Å²) in [6, 6.07) is 31.7. The van der Waals surface area contributed by atoms with Gasteiger partial charge in [-0.15, -0.1) is 0 Å². The van der Waals surface area contributed by atoms with Gasteiger partial charge in [0.1, 0.15) is 9.70 Å². The maximum absolute atomic E-state index is 7.09. The van der Waals surface area contributed by atoms with Crippen LogP contribution in [0.25, 0.3) is 0 Å². The largest absolute Gasteiger partial charge is 0.404 e. The van der Waals surface area contributed by atoms with Crippen LogP contribution < -0.4 is 15.6 Å².